The molecule has 6 nitrogen and oxygen atoms in total. The molecule has 1 N–H and O–H groups in total. The van der Waals surface area contributed by atoms with Gasteiger partial charge < -0.3 is 13.7 Å². The van der Waals surface area contributed by atoms with E-state index in [0.717, 1.165) is 28.4 Å². The predicted octanol–water partition coefficient (Wildman–Crippen LogP) is 3.77. The van der Waals surface area contributed by atoms with Gasteiger partial charge in [-0.25, -0.2) is 5.43 Å². The summed E-state index contributed by atoms with van der Waals surface area (Å²) in [6.07, 6.45) is 1.63. The van der Waals surface area contributed by atoms with E-state index >= 15 is 0 Å². The van der Waals surface area contributed by atoms with Crippen molar-refractivity contribution >= 4 is 12.1 Å². The fraction of sp³-hybridized carbons (Fsp3) is 0.200. The van der Waals surface area contributed by atoms with Crippen molar-refractivity contribution in [2.75, 3.05) is 7.11 Å². The molecule has 0 fully saturated rings. The summed E-state index contributed by atoms with van der Waals surface area (Å²) in [6.45, 7) is 5.82. The van der Waals surface area contributed by atoms with Crippen LogP contribution in [0.4, 0.5) is 0 Å². The number of hydrazone groups is 1. The number of aryl methyl sites for hydroxylation is 2. The van der Waals surface area contributed by atoms with E-state index in [9.17, 15) is 4.79 Å². The number of hydrogen-bond donors (Lipinski definition) is 1. The third-order valence-corrected chi connectivity index (χ3v) is 4.13. The number of benzene rings is 1. The van der Waals surface area contributed by atoms with Gasteiger partial charge in [-0.3, -0.25) is 4.79 Å². The minimum atomic E-state index is -0.377. The maximum absolute atomic E-state index is 12.0. The lowest BCUT2D eigenvalue weighted by atomic mass is 10.2. The van der Waals surface area contributed by atoms with Crippen LogP contribution in [-0.4, -0.2) is 23.8 Å². The molecule has 0 radical (unpaired) electrons. The SMILES string of the molecule is COc1ccc(-n2c(C)cc(/C=N\NC(=O)c3ccc(C)o3)c2C)cc1. The molecule has 26 heavy (non-hydrogen) atoms. The van der Waals surface area contributed by atoms with Crippen molar-refractivity contribution in [1.29, 1.82) is 0 Å². The van der Waals surface area contributed by atoms with Crippen LogP contribution in [0.1, 0.15) is 33.3 Å². The largest absolute Gasteiger partial charge is 0.497 e. The Kier molecular flexibility index (Phi) is 4.93. The Morgan fingerprint density at radius 2 is 1.88 bits per heavy atom. The molecule has 3 rings (SSSR count). The minimum absolute atomic E-state index is 0.239. The maximum atomic E-state index is 12.0. The van der Waals surface area contributed by atoms with E-state index in [-0.39, 0.29) is 11.7 Å². The monoisotopic (exact) mass is 351 g/mol. The van der Waals surface area contributed by atoms with Crippen LogP contribution < -0.4 is 10.2 Å². The highest BCUT2D eigenvalue weighted by Gasteiger charge is 2.11. The number of nitrogens with zero attached hydrogens (tertiary/aromatic N) is 2. The van der Waals surface area contributed by atoms with E-state index in [2.05, 4.69) is 15.1 Å². The van der Waals surface area contributed by atoms with Crippen LogP contribution in [0.3, 0.4) is 0 Å². The van der Waals surface area contributed by atoms with Gasteiger partial charge in [0.1, 0.15) is 11.5 Å². The third kappa shape index (κ3) is 3.54. The van der Waals surface area contributed by atoms with Crippen LogP contribution in [0.25, 0.3) is 5.69 Å². The zero-order chi connectivity index (χ0) is 18.7. The fourth-order valence-corrected chi connectivity index (χ4v) is 2.82. The molecule has 2 heterocycles. The van der Waals surface area contributed by atoms with E-state index in [0.29, 0.717) is 5.76 Å². The topological polar surface area (TPSA) is 68.8 Å². The molecule has 0 saturated heterocycles. The fourth-order valence-electron chi connectivity index (χ4n) is 2.82. The number of rotatable bonds is 5. The Bertz CT molecular complexity index is 949. The smallest absolute Gasteiger partial charge is 0.307 e. The first-order valence-corrected chi connectivity index (χ1v) is 8.23. The van der Waals surface area contributed by atoms with Gasteiger partial charge in [-0.2, -0.15) is 5.10 Å². The lowest BCUT2D eigenvalue weighted by Crippen LogP contribution is -2.16. The summed E-state index contributed by atoms with van der Waals surface area (Å²) in [5, 5.41) is 4.05. The predicted molar refractivity (Wildman–Crippen MR) is 100 cm³/mol. The minimum Gasteiger partial charge on any atom is -0.497 e. The lowest BCUT2D eigenvalue weighted by Gasteiger charge is -2.10. The summed E-state index contributed by atoms with van der Waals surface area (Å²) < 4.78 is 12.6. The average Bonchev–Trinajstić information content (AvgIpc) is 3.18. The molecule has 0 unspecified atom stereocenters. The molecular formula is C20H21N3O3. The summed E-state index contributed by atoms with van der Waals surface area (Å²) >= 11 is 0. The second kappa shape index (κ2) is 7.31. The molecule has 6 heteroatoms. The van der Waals surface area contributed by atoms with Crippen LogP contribution in [0.5, 0.6) is 5.75 Å². The highest BCUT2D eigenvalue weighted by molar-refractivity contribution is 5.92. The van der Waals surface area contributed by atoms with Crippen molar-refractivity contribution in [3.05, 3.63) is 70.9 Å². The van der Waals surface area contributed by atoms with Crippen molar-refractivity contribution in [3.8, 4) is 11.4 Å². The molecule has 0 saturated carbocycles. The van der Waals surface area contributed by atoms with Gasteiger partial charge in [0.15, 0.2) is 5.76 Å². The van der Waals surface area contributed by atoms with Crippen molar-refractivity contribution in [1.82, 2.24) is 9.99 Å². The third-order valence-electron chi connectivity index (χ3n) is 4.13. The highest BCUT2D eigenvalue weighted by Crippen LogP contribution is 2.21. The van der Waals surface area contributed by atoms with Gasteiger partial charge in [-0.15, -0.1) is 0 Å². The Labute approximate surface area is 152 Å². The summed E-state index contributed by atoms with van der Waals surface area (Å²) in [6, 6.07) is 13.2. The van der Waals surface area contributed by atoms with Gasteiger partial charge in [0, 0.05) is 22.6 Å². The second-order valence-electron chi connectivity index (χ2n) is 5.97. The Morgan fingerprint density at radius 3 is 2.50 bits per heavy atom. The number of aromatic nitrogens is 1. The van der Waals surface area contributed by atoms with Gasteiger partial charge in [0.2, 0.25) is 0 Å². The second-order valence-corrected chi connectivity index (χ2v) is 5.97. The molecule has 0 atom stereocenters. The molecule has 134 valence electrons. The molecule has 1 aromatic carbocycles. The number of carbonyl (C=O) groups is 1. The molecule has 0 spiro atoms. The molecule has 1 amide bonds. The number of methoxy groups -OCH3 is 1. The number of furan rings is 1. The Hall–Kier alpha value is -3.28. The summed E-state index contributed by atoms with van der Waals surface area (Å²) in [5.41, 5.74) is 6.54. The number of carbonyl (C=O) groups excluding carboxylic acids is 1. The standard InChI is InChI=1S/C20H21N3O3/c1-13-11-16(12-21-22-20(24)19-10-5-14(2)26-19)15(3)23(13)17-6-8-18(25-4)9-7-17/h5-12H,1-4H3,(H,22,24)/b21-12-. The van der Waals surface area contributed by atoms with E-state index in [4.69, 9.17) is 9.15 Å². The van der Waals surface area contributed by atoms with Crippen molar-refractivity contribution in [2.24, 2.45) is 5.10 Å². The molecular weight excluding hydrogens is 330 g/mol. The Morgan fingerprint density at radius 1 is 1.15 bits per heavy atom. The molecule has 0 bridgehead atoms. The van der Waals surface area contributed by atoms with Crippen LogP contribution in [0.15, 0.2) is 52.0 Å². The number of amides is 1. The number of hydrogen-bond acceptors (Lipinski definition) is 4. The normalized spacial score (nSPS) is 11.1. The molecule has 0 aliphatic heterocycles. The van der Waals surface area contributed by atoms with Crippen molar-refractivity contribution < 1.29 is 13.9 Å². The first-order valence-electron chi connectivity index (χ1n) is 8.23. The van der Waals surface area contributed by atoms with E-state index in [1.54, 1.807) is 32.4 Å². The highest BCUT2D eigenvalue weighted by atomic mass is 16.5. The quantitative estimate of drug-likeness (QED) is 0.562. The molecule has 3 aromatic rings. The lowest BCUT2D eigenvalue weighted by molar-refractivity contribution is 0.0926. The zero-order valence-electron chi connectivity index (χ0n) is 15.2. The van der Waals surface area contributed by atoms with Crippen LogP contribution >= 0.6 is 0 Å². The van der Waals surface area contributed by atoms with Crippen LogP contribution in [-0.2, 0) is 0 Å². The summed E-state index contributed by atoms with van der Waals surface area (Å²) in [5.74, 6) is 1.36. The zero-order valence-corrected chi connectivity index (χ0v) is 15.2. The van der Waals surface area contributed by atoms with Gasteiger partial charge in [0.25, 0.3) is 0 Å². The van der Waals surface area contributed by atoms with Crippen molar-refractivity contribution in [2.45, 2.75) is 20.8 Å². The van der Waals surface area contributed by atoms with Crippen LogP contribution in [0.2, 0.25) is 0 Å². The number of ether oxygens (including phenoxy) is 1. The molecule has 2 aromatic heterocycles. The summed E-state index contributed by atoms with van der Waals surface area (Å²) in [4.78, 5) is 12.0. The first-order chi connectivity index (χ1) is 12.5. The van der Waals surface area contributed by atoms with Gasteiger partial charge in [0.05, 0.1) is 13.3 Å². The van der Waals surface area contributed by atoms with E-state index in [1.165, 1.54) is 0 Å². The first kappa shape index (κ1) is 17.5. The maximum Gasteiger partial charge on any atom is 0.307 e. The van der Waals surface area contributed by atoms with Gasteiger partial charge >= 0.3 is 5.91 Å². The van der Waals surface area contributed by atoms with Crippen LogP contribution in [0, 0.1) is 20.8 Å². The summed E-state index contributed by atoms with van der Waals surface area (Å²) in [7, 11) is 1.65. The number of nitrogens with one attached hydrogen (secondary N) is 1. The van der Waals surface area contributed by atoms with E-state index in [1.807, 2.05) is 44.2 Å². The van der Waals surface area contributed by atoms with E-state index < -0.39 is 0 Å². The van der Waals surface area contributed by atoms with Gasteiger partial charge in [-0.1, -0.05) is 0 Å². The average molecular weight is 351 g/mol. The molecule has 0 aliphatic carbocycles. The Balaban J connectivity index is 1.77. The molecule has 0 aliphatic rings. The van der Waals surface area contributed by atoms with Crippen molar-refractivity contribution in [3.63, 3.8) is 0 Å². The van der Waals surface area contributed by atoms with Gasteiger partial charge in [-0.05, 0) is 63.2 Å².